The van der Waals surface area contributed by atoms with Gasteiger partial charge in [-0.05, 0) is 26.3 Å². The maximum Gasteiger partial charge on any atom is 0.243 e. The summed E-state index contributed by atoms with van der Waals surface area (Å²) in [5.41, 5.74) is 2.97. The molecule has 4 nitrogen and oxygen atoms in total. The number of nitrogens with zero attached hydrogens (tertiary/aromatic N) is 3. The fourth-order valence-corrected chi connectivity index (χ4v) is 1.54. The van der Waals surface area contributed by atoms with Crippen LogP contribution in [0.25, 0.3) is 0 Å². The summed E-state index contributed by atoms with van der Waals surface area (Å²) in [6.07, 6.45) is 0. The molecule has 0 radical (unpaired) electrons. The number of aromatic nitrogens is 3. The summed E-state index contributed by atoms with van der Waals surface area (Å²) in [5.74, 6) is 0.574. The highest BCUT2D eigenvalue weighted by atomic mass is 15.2. The molecule has 1 aromatic heterocycles. The van der Waals surface area contributed by atoms with Crippen molar-refractivity contribution in [3.63, 3.8) is 0 Å². The second kappa shape index (κ2) is 4.91. The van der Waals surface area contributed by atoms with Gasteiger partial charge in [-0.15, -0.1) is 5.10 Å². The Morgan fingerprint density at radius 3 is 2.35 bits per heavy atom. The average molecular weight is 228 g/mol. The van der Waals surface area contributed by atoms with E-state index in [4.69, 9.17) is 0 Å². The zero-order valence-corrected chi connectivity index (χ0v) is 10.3. The summed E-state index contributed by atoms with van der Waals surface area (Å²) in [7, 11) is 0. The van der Waals surface area contributed by atoms with Gasteiger partial charge in [0.2, 0.25) is 5.95 Å². The van der Waals surface area contributed by atoms with Crippen LogP contribution < -0.4 is 5.32 Å². The first-order valence-electron chi connectivity index (χ1n) is 5.66. The summed E-state index contributed by atoms with van der Waals surface area (Å²) < 4.78 is 0. The summed E-state index contributed by atoms with van der Waals surface area (Å²) in [4.78, 5) is 4.35. The van der Waals surface area contributed by atoms with Crippen LogP contribution in [0, 0.1) is 13.8 Å². The highest BCUT2D eigenvalue weighted by Crippen LogP contribution is 2.15. The highest BCUT2D eigenvalue weighted by Gasteiger charge is 2.07. The molecule has 1 atom stereocenters. The smallest absolute Gasteiger partial charge is 0.243 e. The largest absolute Gasteiger partial charge is 0.346 e. The van der Waals surface area contributed by atoms with Crippen LogP contribution in [0.5, 0.6) is 0 Å². The van der Waals surface area contributed by atoms with E-state index >= 15 is 0 Å². The first kappa shape index (κ1) is 11.5. The Kier molecular flexibility index (Phi) is 3.32. The van der Waals surface area contributed by atoms with Crippen LogP contribution in [0.1, 0.15) is 29.9 Å². The van der Waals surface area contributed by atoms with Crippen molar-refractivity contribution in [1.82, 2.24) is 15.2 Å². The van der Waals surface area contributed by atoms with Crippen molar-refractivity contribution in [2.45, 2.75) is 26.8 Å². The van der Waals surface area contributed by atoms with Crippen molar-refractivity contribution in [3.05, 3.63) is 47.3 Å². The van der Waals surface area contributed by atoms with Gasteiger partial charge in [-0.25, -0.2) is 4.98 Å². The lowest BCUT2D eigenvalue weighted by molar-refractivity contribution is 0.821. The van der Waals surface area contributed by atoms with Gasteiger partial charge in [0.25, 0.3) is 0 Å². The van der Waals surface area contributed by atoms with Crippen molar-refractivity contribution < 1.29 is 0 Å². The van der Waals surface area contributed by atoms with Crippen LogP contribution in [0.3, 0.4) is 0 Å². The Morgan fingerprint density at radius 2 is 1.71 bits per heavy atom. The Labute approximate surface area is 101 Å². The lowest BCUT2D eigenvalue weighted by atomic mass is 10.1. The van der Waals surface area contributed by atoms with Crippen molar-refractivity contribution >= 4 is 5.95 Å². The SMILES string of the molecule is Cc1nnc(NC(C)c2ccccc2)nc1C. The number of anilines is 1. The van der Waals surface area contributed by atoms with E-state index in [1.165, 1.54) is 5.56 Å². The predicted octanol–water partition coefficient (Wildman–Crippen LogP) is 2.66. The molecule has 2 rings (SSSR count). The third-order valence-electron chi connectivity index (χ3n) is 2.74. The molecule has 1 N–H and O–H groups in total. The molecule has 1 aromatic carbocycles. The van der Waals surface area contributed by atoms with Gasteiger partial charge in [0.05, 0.1) is 17.4 Å². The van der Waals surface area contributed by atoms with Crippen LogP contribution in [0.4, 0.5) is 5.95 Å². The number of hydrogen-bond donors (Lipinski definition) is 1. The number of rotatable bonds is 3. The van der Waals surface area contributed by atoms with E-state index in [1.54, 1.807) is 0 Å². The molecule has 0 aliphatic heterocycles. The minimum atomic E-state index is 0.167. The lowest BCUT2D eigenvalue weighted by Gasteiger charge is -2.14. The van der Waals surface area contributed by atoms with E-state index < -0.39 is 0 Å². The minimum absolute atomic E-state index is 0.167. The molecule has 4 heteroatoms. The first-order valence-corrected chi connectivity index (χ1v) is 5.66. The molecular formula is C13H16N4. The van der Waals surface area contributed by atoms with Gasteiger partial charge in [-0.1, -0.05) is 30.3 Å². The molecule has 17 heavy (non-hydrogen) atoms. The average Bonchev–Trinajstić information content (AvgIpc) is 2.35. The van der Waals surface area contributed by atoms with Gasteiger partial charge in [0.15, 0.2) is 0 Å². The molecule has 0 aliphatic rings. The molecule has 88 valence electrons. The van der Waals surface area contributed by atoms with Crippen LogP contribution in [0.2, 0.25) is 0 Å². The van der Waals surface area contributed by atoms with Crippen LogP contribution in [-0.4, -0.2) is 15.2 Å². The quantitative estimate of drug-likeness (QED) is 0.877. The summed E-state index contributed by atoms with van der Waals surface area (Å²) in [6, 6.07) is 10.4. The van der Waals surface area contributed by atoms with Crippen molar-refractivity contribution in [1.29, 1.82) is 0 Å². The number of aryl methyl sites for hydroxylation is 2. The summed E-state index contributed by atoms with van der Waals surface area (Å²) in [6.45, 7) is 5.91. The molecule has 1 heterocycles. The highest BCUT2D eigenvalue weighted by molar-refractivity contribution is 5.31. The molecule has 0 amide bonds. The van der Waals surface area contributed by atoms with Gasteiger partial charge >= 0.3 is 0 Å². The molecule has 1 unspecified atom stereocenters. The lowest BCUT2D eigenvalue weighted by Crippen LogP contribution is -2.11. The molecule has 0 saturated carbocycles. The predicted molar refractivity (Wildman–Crippen MR) is 67.8 cm³/mol. The molecule has 0 aliphatic carbocycles. The Bertz CT molecular complexity index is 496. The van der Waals surface area contributed by atoms with Gasteiger partial charge in [0, 0.05) is 0 Å². The topological polar surface area (TPSA) is 50.7 Å². The fourth-order valence-electron chi connectivity index (χ4n) is 1.54. The zero-order valence-electron chi connectivity index (χ0n) is 10.3. The maximum atomic E-state index is 4.35. The summed E-state index contributed by atoms with van der Waals surface area (Å²) >= 11 is 0. The summed E-state index contributed by atoms with van der Waals surface area (Å²) in [5, 5.41) is 11.3. The maximum absolute atomic E-state index is 4.35. The molecular weight excluding hydrogens is 212 g/mol. The van der Waals surface area contributed by atoms with Crippen LogP contribution in [0.15, 0.2) is 30.3 Å². The standard InChI is InChI=1S/C13H16N4/c1-9-10(2)16-17-13(14-9)15-11(3)12-7-5-4-6-8-12/h4-8,11H,1-3H3,(H,14,15,17). The monoisotopic (exact) mass is 228 g/mol. The Balaban J connectivity index is 2.13. The third-order valence-corrected chi connectivity index (χ3v) is 2.74. The number of benzene rings is 1. The van der Waals surface area contributed by atoms with E-state index in [0.717, 1.165) is 11.4 Å². The van der Waals surface area contributed by atoms with E-state index in [2.05, 4.69) is 39.6 Å². The van der Waals surface area contributed by atoms with Gasteiger partial charge in [0.1, 0.15) is 0 Å². The molecule has 0 saturated heterocycles. The van der Waals surface area contributed by atoms with E-state index in [-0.39, 0.29) is 6.04 Å². The molecule has 0 bridgehead atoms. The van der Waals surface area contributed by atoms with Gasteiger partial charge in [-0.3, -0.25) is 0 Å². The first-order chi connectivity index (χ1) is 8.16. The van der Waals surface area contributed by atoms with Crippen LogP contribution in [-0.2, 0) is 0 Å². The molecule has 0 fully saturated rings. The van der Waals surface area contributed by atoms with Gasteiger partial charge < -0.3 is 5.32 Å². The van der Waals surface area contributed by atoms with Crippen molar-refractivity contribution in [2.24, 2.45) is 0 Å². The van der Waals surface area contributed by atoms with Crippen LogP contribution >= 0.6 is 0 Å². The van der Waals surface area contributed by atoms with E-state index in [0.29, 0.717) is 5.95 Å². The second-order valence-electron chi connectivity index (χ2n) is 4.08. The van der Waals surface area contributed by atoms with E-state index in [1.807, 2.05) is 32.0 Å². The second-order valence-corrected chi connectivity index (χ2v) is 4.08. The Morgan fingerprint density at radius 1 is 1.00 bits per heavy atom. The molecule has 0 spiro atoms. The minimum Gasteiger partial charge on any atom is -0.346 e. The number of hydrogen-bond acceptors (Lipinski definition) is 4. The van der Waals surface area contributed by atoms with Crippen molar-refractivity contribution in [2.75, 3.05) is 5.32 Å². The van der Waals surface area contributed by atoms with Crippen molar-refractivity contribution in [3.8, 4) is 0 Å². The fraction of sp³-hybridized carbons (Fsp3) is 0.308. The molecule has 2 aromatic rings. The van der Waals surface area contributed by atoms with E-state index in [9.17, 15) is 0 Å². The third kappa shape index (κ3) is 2.78. The van der Waals surface area contributed by atoms with Gasteiger partial charge in [-0.2, -0.15) is 5.10 Å². The normalized spacial score (nSPS) is 12.2. The number of nitrogens with one attached hydrogen (secondary N) is 1. The zero-order chi connectivity index (χ0) is 12.3. The Hall–Kier alpha value is -1.97.